The van der Waals surface area contributed by atoms with Gasteiger partial charge in [-0.2, -0.15) is 0 Å². The van der Waals surface area contributed by atoms with Crippen molar-refractivity contribution in [3.63, 3.8) is 0 Å². The summed E-state index contributed by atoms with van der Waals surface area (Å²) in [5.41, 5.74) is 3.35. The Bertz CT molecular complexity index is 1520. The first-order valence-corrected chi connectivity index (χ1v) is 13.2. The molecule has 4 rings (SSSR count). The molecule has 0 spiro atoms. The van der Waals surface area contributed by atoms with E-state index in [1.54, 1.807) is 37.3 Å². The monoisotopic (exact) mass is 561 g/mol. The molecule has 11 heteroatoms. The third kappa shape index (κ3) is 6.67. The summed E-state index contributed by atoms with van der Waals surface area (Å²) >= 11 is 0.754. The van der Waals surface area contributed by atoms with E-state index in [0.29, 0.717) is 29.4 Å². The average molecular weight is 562 g/mol. The van der Waals surface area contributed by atoms with Crippen LogP contribution in [-0.4, -0.2) is 40.1 Å². The molecule has 3 aromatic carbocycles. The van der Waals surface area contributed by atoms with Gasteiger partial charge in [0.2, 0.25) is 0 Å². The molecule has 10 nitrogen and oxygen atoms in total. The van der Waals surface area contributed by atoms with Crippen molar-refractivity contribution < 1.29 is 28.8 Å². The van der Waals surface area contributed by atoms with Crippen molar-refractivity contribution in [3.8, 4) is 11.5 Å². The fraction of sp³-hybridized carbons (Fsp3) is 0.207. The van der Waals surface area contributed by atoms with Crippen LogP contribution in [0.2, 0.25) is 0 Å². The fourth-order valence-electron chi connectivity index (χ4n) is 3.98. The number of benzene rings is 3. The highest BCUT2D eigenvalue weighted by atomic mass is 32.2. The molecule has 3 aromatic rings. The molecule has 1 saturated heterocycles. The lowest BCUT2D eigenvalue weighted by atomic mass is 10.1. The number of hydrogen-bond donors (Lipinski definition) is 1. The molecular formula is C29H27N3O7S. The van der Waals surface area contributed by atoms with Crippen LogP contribution in [0.1, 0.15) is 29.2 Å². The second-order valence-corrected chi connectivity index (χ2v) is 9.94. The van der Waals surface area contributed by atoms with Gasteiger partial charge in [-0.25, -0.2) is 0 Å². The SMILES string of the molecule is CCOc1cc(/C=C2\SC(=O)N(Cc3ccccc3[N+](=O)[O-])C2=O)ccc1OCC(=O)Nc1cc(C)ccc1C. The number of nitrogens with zero attached hydrogens (tertiary/aromatic N) is 2. The standard InChI is InChI=1S/C29H27N3O7S/c1-4-38-25-14-20(11-12-24(25)39-17-27(33)30-22-13-18(2)9-10-19(22)3)15-26-28(34)31(29(35)40-26)16-21-7-5-6-8-23(21)32(36)37/h5-15H,4,16-17H2,1-3H3,(H,30,33)/b26-15-. The van der Waals surface area contributed by atoms with Crippen LogP contribution in [0.25, 0.3) is 6.08 Å². The maximum atomic E-state index is 13.0. The largest absolute Gasteiger partial charge is 0.490 e. The number of anilines is 1. The number of amides is 3. The number of para-hydroxylation sites is 1. The minimum Gasteiger partial charge on any atom is -0.490 e. The van der Waals surface area contributed by atoms with Crippen molar-refractivity contribution in [1.82, 2.24) is 4.90 Å². The molecule has 0 aliphatic carbocycles. The summed E-state index contributed by atoms with van der Waals surface area (Å²) in [5.74, 6) is -0.156. The summed E-state index contributed by atoms with van der Waals surface area (Å²) in [6.07, 6.45) is 1.55. The summed E-state index contributed by atoms with van der Waals surface area (Å²) in [7, 11) is 0. The van der Waals surface area contributed by atoms with Crippen molar-refractivity contribution >= 4 is 46.3 Å². The van der Waals surface area contributed by atoms with E-state index in [1.165, 1.54) is 18.2 Å². The van der Waals surface area contributed by atoms with Gasteiger partial charge in [-0.3, -0.25) is 29.4 Å². The Morgan fingerprint density at radius 2 is 1.82 bits per heavy atom. The number of hydrogen-bond acceptors (Lipinski definition) is 8. The maximum absolute atomic E-state index is 13.0. The highest BCUT2D eigenvalue weighted by Crippen LogP contribution is 2.36. The van der Waals surface area contributed by atoms with Crippen LogP contribution in [0.4, 0.5) is 16.2 Å². The molecule has 1 fully saturated rings. The first-order valence-electron chi connectivity index (χ1n) is 12.4. The highest BCUT2D eigenvalue weighted by Gasteiger charge is 2.36. The number of thioether (sulfide) groups is 1. The van der Waals surface area contributed by atoms with Gasteiger partial charge in [0, 0.05) is 17.3 Å². The van der Waals surface area contributed by atoms with Crippen molar-refractivity contribution in [1.29, 1.82) is 0 Å². The molecule has 0 radical (unpaired) electrons. The molecule has 1 aliphatic heterocycles. The number of imide groups is 1. The van der Waals surface area contributed by atoms with Gasteiger partial charge >= 0.3 is 0 Å². The second-order valence-electron chi connectivity index (χ2n) is 8.95. The van der Waals surface area contributed by atoms with E-state index >= 15 is 0 Å². The van der Waals surface area contributed by atoms with Gasteiger partial charge in [-0.05, 0) is 73.5 Å². The lowest BCUT2D eigenvalue weighted by Crippen LogP contribution is -2.27. The molecule has 40 heavy (non-hydrogen) atoms. The molecule has 1 heterocycles. The summed E-state index contributed by atoms with van der Waals surface area (Å²) in [5, 5.41) is 13.6. The van der Waals surface area contributed by atoms with E-state index in [-0.39, 0.29) is 35.2 Å². The summed E-state index contributed by atoms with van der Waals surface area (Å²) in [6, 6.07) is 16.7. The third-order valence-electron chi connectivity index (χ3n) is 5.98. The highest BCUT2D eigenvalue weighted by molar-refractivity contribution is 8.18. The van der Waals surface area contributed by atoms with E-state index in [2.05, 4.69) is 5.32 Å². The molecule has 206 valence electrons. The van der Waals surface area contributed by atoms with Crippen LogP contribution in [-0.2, 0) is 16.1 Å². The zero-order valence-electron chi connectivity index (χ0n) is 22.1. The Morgan fingerprint density at radius 1 is 1.05 bits per heavy atom. The third-order valence-corrected chi connectivity index (χ3v) is 6.89. The van der Waals surface area contributed by atoms with Crippen LogP contribution in [0.15, 0.2) is 65.6 Å². The van der Waals surface area contributed by atoms with Crippen LogP contribution in [0.3, 0.4) is 0 Å². The average Bonchev–Trinajstić information content (AvgIpc) is 3.18. The van der Waals surface area contributed by atoms with E-state index in [0.717, 1.165) is 27.8 Å². The summed E-state index contributed by atoms with van der Waals surface area (Å²) in [6.45, 7) is 5.54. The van der Waals surface area contributed by atoms with Gasteiger partial charge in [-0.1, -0.05) is 36.4 Å². The van der Waals surface area contributed by atoms with Crippen LogP contribution >= 0.6 is 11.8 Å². The minimum atomic E-state index is -0.547. The Kier molecular flexibility index (Phi) is 8.85. The zero-order chi connectivity index (χ0) is 28.8. The van der Waals surface area contributed by atoms with Crippen LogP contribution in [0, 0.1) is 24.0 Å². The number of ether oxygens (including phenoxy) is 2. The van der Waals surface area contributed by atoms with Crippen molar-refractivity contribution in [2.45, 2.75) is 27.3 Å². The van der Waals surface area contributed by atoms with Crippen LogP contribution < -0.4 is 14.8 Å². The van der Waals surface area contributed by atoms with Crippen molar-refractivity contribution in [2.24, 2.45) is 0 Å². The minimum absolute atomic E-state index is 0.162. The quantitative estimate of drug-likeness (QED) is 0.185. The van der Waals surface area contributed by atoms with E-state index in [9.17, 15) is 24.5 Å². The van der Waals surface area contributed by atoms with Crippen LogP contribution in [0.5, 0.6) is 11.5 Å². The number of carbonyl (C=O) groups excluding carboxylic acids is 3. The van der Waals surface area contributed by atoms with Gasteiger partial charge in [0.05, 0.1) is 23.0 Å². The topological polar surface area (TPSA) is 128 Å². The Balaban J connectivity index is 1.47. The molecule has 0 aromatic heterocycles. The number of rotatable bonds is 10. The van der Waals surface area contributed by atoms with E-state index < -0.39 is 16.1 Å². The normalized spacial score (nSPS) is 14.0. The Morgan fingerprint density at radius 3 is 2.58 bits per heavy atom. The van der Waals surface area contributed by atoms with Crippen molar-refractivity contribution in [3.05, 3.63) is 97.9 Å². The molecule has 0 bridgehead atoms. The van der Waals surface area contributed by atoms with Gasteiger partial charge in [0.15, 0.2) is 18.1 Å². The number of nitrogens with one attached hydrogen (secondary N) is 1. The lowest BCUT2D eigenvalue weighted by Gasteiger charge is -2.14. The Labute approximate surface area is 235 Å². The van der Waals surface area contributed by atoms with Gasteiger partial charge in [-0.15, -0.1) is 0 Å². The van der Waals surface area contributed by atoms with Crippen molar-refractivity contribution in [2.75, 3.05) is 18.5 Å². The first-order chi connectivity index (χ1) is 19.2. The molecule has 0 atom stereocenters. The summed E-state index contributed by atoms with van der Waals surface area (Å²) < 4.78 is 11.4. The fourth-order valence-corrected chi connectivity index (χ4v) is 4.82. The second kappa shape index (κ2) is 12.5. The van der Waals surface area contributed by atoms with Gasteiger partial charge in [0.1, 0.15) is 0 Å². The molecule has 1 aliphatic rings. The molecule has 3 amide bonds. The summed E-state index contributed by atoms with van der Waals surface area (Å²) in [4.78, 5) is 50.0. The molecule has 0 saturated carbocycles. The molecular weight excluding hydrogens is 534 g/mol. The number of carbonyl (C=O) groups is 3. The smallest absolute Gasteiger partial charge is 0.293 e. The van der Waals surface area contributed by atoms with Gasteiger partial charge < -0.3 is 14.8 Å². The van der Waals surface area contributed by atoms with Gasteiger partial charge in [0.25, 0.3) is 22.7 Å². The lowest BCUT2D eigenvalue weighted by molar-refractivity contribution is -0.385. The predicted octanol–water partition coefficient (Wildman–Crippen LogP) is 5.86. The predicted molar refractivity (Wildman–Crippen MR) is 152 cm³/mol. The first kappa shape index (κ1) is 28.4. The molecule has 1 N–H and O–H groups in total. The molecule has 0 unspecified atom stereocenters. The van der Waals surface area contributed by atoms with E-state index in [1.807, 2.05) is 32.0 Å². The zero-order valence-corrected chi connectivity index (χ0v) is 22.9. The number of nitro benzene ring substituents is 1. The number of nitro groups is 1. The Hall–Kier alpha value is -4.64. The van der Waals surface area contributed by atoms with E-state index in [4.69, 9.17) is 9.47 Å². The number of aryl methyl sites for hydroxylation is 2. The maximum Gasteiger partial charge on any atom is 0.293 e.